The standard InChI is InChI=1S/C18H26F2N2O/c1-14(2)3-5-22-7-6-21(13-18(22)4-8-23)12-15-9-16(19)11-17(20)10-15/h3,9-11,18,23H,4-8,12-13H2,1-2H3. The van der Waals surface area contributed by atoms with Crippen LogP contribution >= 0.6 is 0 Å². The van der Waals surface area contributed by atoms with Crippen molar-refractivity contribution in [3.63, 3.8) is 0 Å². The quantitative estimate of drug-likeness (QED) is 0.815. The van der Waals surface area contributed by atoms with Gasteiger partial charge in [-0.05, 0) is 38.0 Å². The maximum Gasteiger partial charge on any atom is 0.126 e. The molecule has 1 aliphatic rings. The number of rotatable bonds is 6. The van der Waals surface area contributed by atoms with E-state index in [-0.39, 0.29) is 12.6 Å². The van der Waals surface area contributed by atoms with Gasteiger partial charge in [0, 0.05) is 51.4 Å². The smallest absolute Gasteiger partial charge is 0.126 e. The minimum atomic E-state index is -0.533. The van der Waals surface area contributed by atoms with Crippen molar-refractivity contribution in [1.29, 1.82) is 0 Å². The van der Waals surface area contributed by atoms with Gasteiger partial charge in [0.1, 0.15) is 11.6 Å². The van der Waals surface area contributed by atoms with Crippen molar-refractivity contribution in [2.75, 3.05) is 32.8 Å². The summed E-state index contributed by atoms with van der Waals surface area (Å²) >= 11 is 0. The molecule has 1 saturated heterocycles. The molecule has 128 valence electrons. The van der Waals surface area contributed by atoms with Crippen LogP contribution in [0.4, 0.5) is 8.78 Å². The normalized spacial score (nSPS) is 19.8. The van der Waals surface area contributed by atoms with Crippen molar-refractivity contribution in [3.05, 3.63) is 47.0 Å². The number of piperazine rings is 1. The summed E-state index contributed by atoms with van der Waals surface area (Å²) in [5, 5.41) is 9.30. The van der Waals surface area contributed by atoms with Gasteiger partial charge >= 0.3 is 0 Å². The Labute approximate surface area is 137 Å². The molecule has 0 aliphatic carbocycles. The van der Waals surface area contributed by atoms with Crippen molar-refractivity contribution in [3.8, 4) is 0 Å². The first kappa shape index (κ1) is 18.0. The van der Waals surface area contributed by atoms with E-state index in [1.165, 1.54) is 17.7 Å². The Morgan fingerprint density at radius 1 is 1.22 bits per heavy atom. The molecule has 1 aromatic carbocycles. The van der Waals surface area contributed by atoms with Gasteiger partial charge < -0.3 is 5.11 Å². The van der Waals surface area contributed by atoms with E-state index in [0.29, 0.717) is 18.5 Å². The molecule has 1 fully saturated rings. The Morgan fingerprint density at radius 3 is 2.52 bits per heavy atom. The maximum absolute atomic E-state index is 13.3. The number of halogens is 2. The zero-order valence-corrected chi connectivity index (χ0v) is 13.9. The third-order valence-electron chi connectivity index (χ3n) is 4.21. The summed E-state index contributed by atoms with van der Waals surface area (Å²) in [5.74, 6) is -1.07. The first-order valence-corrected chi connectivity index (χ1v) is 8.13. The predicted octanol–water partition coefficient (Wildman–Crippen LogP) is 2.80. The van der Waals surface area contributed by atoms with Crippen molar-refractivity contribution >= 4 is 0 Å². The molecule has 0 amide bonds. The highest BCUT2D eigenvalue weighted by Gasteiger charge is 2.26. The fraction of sp³-hybridized carbons (Fsp3) is 0.556. The van der Waals surface area contributed by atoms with E-state index in [4.69, 9.17) is 0 Å². The second-order valence-corrected chi connectivity index (χ2v) is 6.46. The van der Waals surface area contributed by atoms with E-state index in [1.807, 2.05) is 0 Å². The second kappa shape index (κ2) is 8.52. The lowest BCUT2D eigenvalue weighted by molar-refractivity contribution is 0.0636. The Bertz CT molecular complexity index is 524. The molecule has 1 aromatic rings. The highest BCUT2D eigenvalue weighted by atomic mass is 19.1. The molecule has 1 N–H and O–H groups in total. The van der Waals surface area contributed by atoms with Gasteiger partial charge in [0.2, 0.25) is 0 Å². The lowest BCUT2D eigenvalue weighted by atomic mass is 10.1. The van der Waals surface area contributed by atoms with E-state index in [9.17, 15) is 13.9 Å². The Hall–Kier alpha value is -1.30. The molecule has 1 atom stereocenters. The third-order valence-corrected chi connectivity index (χ3v) is 4.21. The van der Waals surface area contributed by atoms with Crippen molar-refractivity contribution in [2.45, 2.75) is 32.9 Å². The van der Waals surface area contributed by atoms with Crippen LogP contribution in [0, 0.1) is 11.6 Å². The molecule has 0 radical (unpaired) electrons. The van der Waals surface area contributed by atoms with Gasteiger partial charge in [-0.3, -0.25) is 9.80 Å². The first-order chi connectivity index (χ1) is 11.0. The van der Waals surface area contributed by atoms with Crippen LogP contribution in [0.3, 0.4) is 0 Å². The van der Waals surface area contributed by atoms with Crippen LogP contribution in [0.25, 0.3) is 0 Å². The fourth-order valence-electron chi connectivity index (χ4n) is 3.02. The van der Waals surface area contributed by atoms with Crippen molar-refractivity contribution in [2.24, 2.45) is 0 Å². The van der Waals surface area contributed by atoms with Gasteiger partial charge in [-0.15, -0.1) is 0 Å². The minimum Gasteiger partial charge on any atom is -0.396 e. The lowest BCUT2D eigenvalue weighted by Gasteiger charge is -2.41. The molecule has 1 unspecified atom stereocenters. The highest BCUT2D eigenvalue weighted by Crippen LogP contribution is 2.17. The van der Waals surface area contributed by atoms with Crippen LogP contribution in [0.5, 0.6) is 0 Å². The monoisotopic (exact) mass is 324 g/mol. The maximum atomic E-state index is 13.3. The van der Waals surface area contributed by atoms with Gasteiger partial charge in [0.25, 0.3) is 0 Å². The highest BCUT2D eigenvalue weighted by molar-refractivity contribution is 5.18. The Morgan fingerprint density at radius 2 is 1.91 bits per heavy atom. The van der Waals surface area contributed by atoms with Crippen molar-refractivity contribution < 1.29 is 13.9 Å². The third kappa shape index (κ3) is 5.68. The van der Waals surface area contributed by atoms with E-state index >= 15 is 0 Å². The van der Waals surface area contributed by atoms with Crippen LogP contribution < -0.4 is 0 Å². The molecule has 3 nitrogen and oxygen atoms in total. The van der Waals surface area contributed by atoms with Gasteiger partial charge in [-0.1, -0.05) is 11.6 Å². The summed E-state index contributed by atoms with van der Waals surface area (Å²) in [6.07, 6.45) is 2.91. The average Bonchev–Trinajstić information content (AvgIpc) is 2.45. The topological polar surface area (TPSA) is 26.7 Å². The Balaban J connectivity index is 1.99. The average molecular weight is 324 g/mol. The summed E-state index contributed by atoms with van der Waals surface area (Å²) in [6.45, 7) is 8.28. The number of allylic oxidation sites excluding steroid dienone is 1. The molecule has 1 heterocycles. The number of aliphatic hydroxyl groups excluding tert-OH is 1. The molecular formula is C18H26F2N2O. The van der Waals surface area contributed by atoms with Gasteiger partial charge in [0.05, 0.1) is 0 Å². The number of hydrogen-bond acceptors (Lipinski definition) is 3. The molecule has 23 heavy (non-hydrogen) atoms. The number of aliphatic hydroxyl groups is 1. The molecule has 5 heteroatoms. The summed E-state index contributed by atoms with van der Waals surface area (Å²) in [7, 11) is 0. The van der Waals surface area contributed by atoms with Gasteiger partial charge in [-0.2, -0.15) is 0 Å². The van der Waals surface area contributed by atoms with E-state index in [0.717, 1.165) is 32.2 Å². The predicted molar refractivity (Wildman–Crippen MR) is 88.1 cm³/mol. The summed E-state index contributed by atoms with van der Waals surface area (Å²) in [4.78, 5) is 4.57. The fourth-order valence-corrected chi connectivity index (χ4v) is 3.02. The van der Waals surface area contributed by atoms with E-state index in [1.54, 1.807) is 0 Å². The summed E-state index contributed by atoms with van der Waals surface area (Å²) in [6, 6.07) is 3.94. The molecule has 0 spiro atoms. The molecule has 1 aliphatic heterocycles. The van der Waals surface area contributed by atoms with E-state index < -0.39 is 11.6 Å². The minimum absolute atomic E-state index is 0.151. The lowest BCUT2D eigenvalue weighted by Crippen LogP contribution is -2.53. The molecule has 2 rings (SSSR count). The number of hydrogen-bond donors (Lipinski definition) is 1. The van der Waals surface area contributed by atoms with Gasteiger partial charge in [0.15, 0.2) is 0 Å². The summed E-state index contributed by atoms with van der Waals surface area (Å²) < 4.78 is 26.6. The molecular weight excluding hydrogens is 298 g/mol. The SMILES string of the molecule is CC(C)=CCN1CCN(Cc2cc(F)cc(F)c2)CC1CCO. The van der Waals surface area contributed by atoms with Crippen LogP contribution in [0.1, 0.15) is 25.8 Å². The molecule has 0 bridgehead atoms. The summed E-state index contributed by atoms with van der Waals surface area (Å²) in [5.41, 5.74) is 1.94. The first-order valence-electron chi connectivity index (χ1n) is 8.13. The van der Waals surface area contributed by atoms with Gasteiger partial charge in [-0.25, -0.2) is 8.78 Å². The zero-order valence-electron chi connectivity index (χ0n) is 13.9. The number of benzene rings is 1. The van der Waals surface area contributed by atoms with Crippen molar-refractivity contribution in [1.82, 2.24) is 9.80 Å². The second-order valence-electron chi connectivity index (χ2n) is 6.46. The molecule has 0 aromatic heterocycles. The van der Waals surface area contributed by atoms with E-state index in [2.05, 4.69) is 29.7 Å². The van der Waals surface area contributed by atoms with Crippen LogP contribution in [-0.4, -0.2) is 53.7 Å². The zero-order chi connectivity index (χ0) is 16.8. The number of nitrogens with zero attached hydrogens (tertiary/aromatic N) is 2. The van der Waals surface area contributed by atoms with Crippen LogP contribution in [0.2, 0.25) is 0 Å². The van der Waals surface area contributed by atoms with Crippen LogP contribution in [0.15, 0.2) is 29.8 Å². The van der Waals surface area contributed by atoms with Crippen LogP contribution in [-0.2, 0) is 6.54 Å². The Kier molecular flexibility index (Phi) is 6.69. The largest absolute Gasteiger partial charge is 0.396 e. The molecule has 0 saturated carbocycles.